The van der Waals surface area contributed by atoms with Crippen LogP contribution in [-0.2, 0) is 6.54 Å². The first-order chi connectivity index (χ1) is 9.51. The molecule has 5 nitrogen and oxygen atoms in total. The molecule has 0 aliphatic carbocycles. The van der Waals surface area contributed by atoms with Gasteiger partial charge >= 0.3 is 0 Å². The third-order valence-electron chi connectivity index (χ3n) is 2.89. The first-order valence-corrected chi connectivity index (χ1v) is 7.19. The van der Waals surface area contributed by atoms with Gasteiger partial charge in [0.25, 0.3) is 5.91 Å². The van der Waals surface area contributed by atoms with Crippen molar-refractivity contribution >= 4 is 33.3 Å². The van der Waals surface area contributed by atoms with Crippen LogP contribution in [0.2, 0.25) is 0 Å². The van der Waals surface area contributed by atoms with E-state index in [2.05, 4.69) is 33.2 Å². The Morgan fingerprint density at radius 2 is 2.25 bits per heavy atom. The largest absolute Gasteiger partial charge is 0.397 e. The number of rotatable bonds is 4. The molecule has 0 spiro atoms. The Morgan fingerprint density at radius 1 is 1.50 bits per heavy atom. The highest BCUT2D eigenvalue weighted by Crippen LogP contribution is 2.18. The summed E-state index contributed by atoms with van der Waals surface area (Å²) in [5.74, 6) is 0.356. The predicted octanol–water partition coefficient (Wildman–Crippen LogP) is 3.20. The molecule has 20 heavy (non-hydrogen) atoms. The molecule has 0 aliphatic heterocycles. The normalized spacial score (nSPS) is 10.6. The Hall–Kier alpha value is -1.82. The summed E-state index contributed by atoms with van der Waals surface area (Å²) in [7, 11) is 0. The number of hydrogen-bond donors (Lipinski definition) is 2. The van der Waals surface area contributed by atoms with Crippen LogP contribution < -0.4 is 11.1 Å². The number of carbonyl (C=O) groups excluding carboxylic acids is 1. The smallest absolute Gasteiger partial charge is 0.273 e. The molecule has 6 heteroatoms. The average molecular weight is 337 g/mol. The Labute approximate surface area is 126 Å². The van der Waals surface area contributed by atoms with E-state index in [1.165, 1.54) is 0 Å². The van der Waals surface area contributed by atoms with E-state index in [1.807, 2.05) is 17.6 Å². The van der Waals surface area contributed by atoms with Crippen LogP contribution >= 0.6 is 15.9 Å². The van der Waals surface area contributed by atoms with Crippen molar-refractivity contribution in [3.8, 4) is 0 Å². The van der Waals surface area contributed by atoms with Crippen molar-refractivity contribution in [2.24, 2.45) is 0 Å². The van der Waals surface area contributed by atoms with Crippen LogP contribution in [0.1, 0.15) is 29.4 Å². The molecule has 0 radical (unpaired) electrons. The molecular formula is C14H17BrN4O. The first-order valence-electron chi connectivity index (χ1n) is 6.40. The second-order valence-corrected chi connectivity index (χ2v) is 5.54. The lowest BCUT2D eigenvalue weighted by molar-refractivity contribution is 0.101. The number of nitrogens with zero attached hydrogens (tertiary/aromatic N) is 2. The van der Waals surface area contributed by atoms with Crippen molar-refractivity contribution in [1.82, 2.24) is 9.55 Å². The predicted molar refractivity (Wildman–Crippen MR) is 83.8 cm³/mol. The van der Waals surface area contributed by atoms with Crippen molar-refractivity contribution in [2.45, 2.75) is 26.8 Å². The molecule has 2 heterocycles. The standard InChI is InChI=1S/C14H17BrN4O/c1-3-4-19-8-11(16)6-12(19)14(20)18-13-9(2)5-10(15)7-17-13/h5-8H,3-4,16H2,1-2H3,(H,17,18,20). The number of hydrogen-bond acceptors (Lipinski definition) is 3. The summed E-state index contributed by atoms with van der Waals surface area (Å²) >= 11 is 3.35. The summed E-state index contributed by atoms with van der Waals surface area (Å²) in [5, 5.41) is 2.82. The van der Waals surface area contributed by atoms with E-state index in [0.717, 1.165) is 23.0 Å². The molecule has 2 aromatic heterocycles. The lowest BCUT2D eigenvalue weighted by Crippen LogP contribution is -2.18. The Morgan fingerprint density at radius 3 is 2.90 bits per heavy atom. The van der Waals surface area contributed by atoms with E-state index in [-0.39, 0.29) is 5.91 Å². The molecule has 0 aliphatic rings. The number of aromatic nitrogens is 2. The molecule has 106 valence electrons. The van der Waals surface area contributed by atoms with Gasteiger partial charge in [0.15, 0.2) is 0 Å². The Kier molecular flexibility index (Phi) is 4.44. The molecule has 1 amide bonds. The maximum atomic E-state index is 12.3. The molecule has 0 saturated carbocycles. The molecule has 2 rings (SSSR count). The number of anilines is 2. The fourth-order valence-corrected chi connectivity index (χ4v) is 2.44. The monoisotopic (exact) mass is 336 g/mol. The number of pyridine rings is 1. The molecule has 3 N–H and O–H groups in total. The number of nitrogens with one attached hydrogen (secondary N) is 1. The minimum absolute atomic E-state index is 0.201. The Balaban J connectivity index is 2.23. The maximum absolute atomic E-state index is 12.3. The molecular weight excluding hydrogens is 320 g/mol. The van der Waals surface area contributed by atoms with Gasteiger partial charge in [-0.2, -0.15) is 0 Å². The number of aryl methyl sites for hydroxylation is 2. The van der Waals surface area contributed by atoms with Crippen molar-refractivity contribution < 1.29 is 4.79 Å². The minimum atomic E-state index is -0.201. The van der Waals surface area contributed by atoms with Gasteiger partial charge in [-0.05, 0) is 47.0 Å². The number of carbonyl (C=O) groups is 1. The van der Waals surface area contributed by atoms with Crippen molar-refractivity contribution in [3.63, 3.8) is 0 Å². The highest BCUT2D eigenvalue weighted by Gasteiger charge is 2.14. The van der Waals surface area contributed by atoms with Gasteiger partial charge in [-0.15, -0.1) is 0 Å². The van der Waals surface area contributed by atoms with Gasteiger partial charge in [-0.3, -0.25) is 4.79 Å². The SMILES string of the molecule is CCCn1cc(N)cc1C(=O)Nc1ncc(Br)cc1C. The van der Waals surface area contributed by atoms with Crippen molar-refractivity contribution in [3.05, 3.63) is 40.3 Å². The molecule has 0 atom stereocenters. The van der Waals surface area contributed by atoms with Crippen LogP contribution in [0.25, 0.3) is 0 Å². The summed E-state index contributed by atoms with van der Waals surface area (Å²) < 4.78 is 2.74. The zero-order valence-corrected chi connectivity index (χ0v) is 13.1. The van der Waals surface area contributed by atoms with Gasteiger partial charge < -0.3 is 15.6 Å². The number of amides is 1. The summed E-state index contributed by atoms with van der Waals surface area (Å²) in [6.45, 7) is 4.71. The molecule has 2 aromatic rings. The van der Waals surface area contributed by atoms with E-state index in [9.17, 15) is 4.79 Å². The summed E-state index contributed by atoms with van der Waals surface area (Å²) in [5.41, 5.74) is 7.80. The van der Waals surface area contributed by atoms with Gasteiger partial charge in [-0.25, -0.2) is 4.98 Å². The number of nitrogens with two attached hydrogens (primary N) is 1. The lowest BCUT2D eigenvalue weighted by atomic mass is 10.3. The van der Waals surface area contributed by atoms with Gasteiger partial charge in [0.1, 0.15) is 11.5 Å². The second kappa shape index (κ2) is 6.09. The van der Waals surface area contributed by atoms with Crippen LogP contribution in [0.5, 0.6) is 0 Å². The van der Waals surface area contributed by atoms with Gasteiger partial charge in [0.05, 0.1) is 5.69 Å². The van der Waals surface area contributed by atoms with E-state index in [4.69, 9.17) is 5.73 Å². The zero-order chi connectivity index (χ0) is 14.7. The first kappa shape index (κ1) is 14.6. The highest BCUT2D eigenvalue weighted by atomic mass is 79.9. The topological polar surface area (TPSA) is 72.9 Å². The van der Waals surface area contributed by atoms with Crippen molar-refractivity contribution in [1.29, 1.82) is 0 Å². The van der Waals surface area contributed by atoms with Crippen LogP contribution in [0, 0.1) is 6.92 Å². The molecule has 0 bridgehead atoms. The van der Waals surface area contributed by atoms with Crippen LogP contribution in [-0.4, -0.2) is 15.5 Å². The highest BCUT2D eigenvalue weighted by molar-refractivity contribution is 9.10. The third-order valence-corrected chi connectivity index (χ3v) is 3.33. The maximum Gasteiger partial charge on any atom is 0.273 e. The summed E-state index contributed by atoms with van der Waals surface area (Å²) in [4.78, 5) is 16.5. The zero-order valence-electron chi connectivity index (χ0n) is 11.5. The summed E-state index contributed by atoms with van der Waals surface area (Å²) in [6, 6.07) is 3.58. The third kappa shape index (κ3) is 3.19. The van der Waals surface area contributed by atoms with E-state index in [0.29, 0.717) is 17.2 Å². The fourth-order valence-electron chi connectivity index (χ4n) is 1.99. The Bertz CT molecular complexity index is 636. The molecule has 0 aromatic carbocycles. The average Bonchev–Trinajstić information content (AvgIpc) is 2.74. The van der Waals surface area contributed by atoms with Crippen molar-refractivity contribution in [2.75, 3.05) is 11.1 Å². The molecule has 0 fully saturated rings. The van der Waals surface area contributed by atoms with Crippen LogP contribution in [0.4, 0.5) is 11.5 Å². The summed E-state index contributed by atoms with van der Waals surface area (Å²) in [6.07, 6.45) is 4.37. The number of halogens is 1. The van der Waals surface area contributed by atoms with E-state index >= 15 is 0 Å². The second-order valence-electron chi connectivity index (χ2n) is 4.63. The minimum Gasteiger partial charge on any atom is -0.397 e. The van der Waals surface area contributed by atoms with Crippen LogP contribution in [0.15, 0.2) is 29.0 Å². The van der Waals surface area contributed by atoms with E-state index < -0.39 is 0 Å². The van der Waals surface area contributed by atoms with Gasteiger partial charge in [0.2, 0.25) is 0 Å². The fraction of sp³-hybridized carbons (Fsp3) is 0.286. The molecule has 0 saturated heterocycles. The lowest BCUT2D eigenvalue weighted by Gasteiger charge is -2.10. The number of nitrogen functional groups attached to an aromatic ring is 1. The van der Waals surface area contributed by atoms with Gasteiger partial charge in [-0.1, -0.05) is 6.92 Å². The van der Waals surface area contributed by atoms with Crippen LogP contribution in [0.3, 0.4) is 0 Å². The van der Waals surface area contributed by atoms with E-state index in [1.54, 1.807) is 18.5 Å². The van der Waals surface area contributed by atoms with Gasteiger partial charge in [0, 0.05) is 23.4 Å². The molecule has 0 unspecified atom stereocenters. The quantitative estimate of drug-likeness (QED) is 0.900.